The number of carboxylic acid groups (broad SMARTS) is 1. The number of fused-ring (bicyclic) bond motifs is 1. The number of hydrogen-bond acceptors (Lipinski definition) is 5. The molecule has 0 fully saturated rings. The quantitative estimate of drug-likeness (QED) is 0.504. The zero-order chi connectivity index (χ0) is 21.9. The molecule has 0 spiro atoms. The molecule has 0 atom stereocenters. The first kappa shape index (κ1) is 19.6. The van der Waals surface area contributed by atoms with Gasteiger partial charge in [-0.3, -0.25) is 4.98 Å². The lowest BCUT2D eigenvalue weighted by Crippen LogP contribution is -2.15. The maximum Gasteiger partial charge on any atom is 0.335 e. The SMILES string of the molecule is O=C(O)c1ccnc(C=Cc2cn(-c3ccccc3)nc2-c2ccc3c(c2)OCCO3)c1. The van der Waals surface area contributed by atoms with E-state index in [1.54, 1.807) is 6.08 Å². The number of aromatic carboxylic acids is 1. The Morgan fingerprint density at radius 2 is 1.78 bits per heavy atom. The van der Waals surface area contributed by atoms with Crippen molar-refractivity contribution in [3.8, 4) is 28.4 Å². The molecule has 1 aliphatic rings. The average Bonchev–Trinajstić information content (AvgIpc) is 3.27. The van der Waals surface area contributed by atoms with E-state index in [0.717, 1.165) is 22.5 Å². The summed E-state index contributed by atoms with van der Waals surface area (Å²) < 4.78 is 13.2. The molecule has 0 radical (unpaired) electrons. The van der Waals surface area contributed by atoms with Crippen molar-refractivity contribution in [1.82, 2.24) is 14.8 Å². The number of ether oxygens (including phenoxy) is 2. The first-order chi connectivity index (χ1) is 15.7. The van der Waals surface area contributed by atoms with Gasteiger partial charge in [0, 0.05) is 23.5 Å². The first-order valence-electron chi connectivity index (χ1n) is 10.1. The molecule has 0 bridgehead atoms. The van der Waals surface area contributed by atoms with Gasteiger partial charge in [0.05, 0.1) is 16.9 Å². The van der Waals surface area contributed by atoms with Crippen molar-refractivity contribution < 1.29 is 19.4 Å². The summed E-state index contributed by atoms with van der Waals surface area (Å²) in [5, 5.41) is 14.0. The van der Waals surface area contributed by atoms with Crippen LogP contribution in [0, 0.1) is 0 Å². The molecular formula is C25H19N3O4. The number of rotatable bonds is 5. The molecular weight excluding hydrogens is 406 g/mol. The van der Waals surface area contributed by atoms with E-state index in [1.165, 1.54) is 18.3 Å². The molecule has 0 unspecified atom stereocenters. The van der Waals surface area contributed by atoms with Crippen LogP contribution in [0.3, 0.4) is 0 Å². The molecule has 7 nitrogen and oxygen atoms in total. The number of benzene rings is 2. The van der Waals surface area contributed by atoms with E-state index < -0.39 is 5.97 Å². The monoisotopic (exact) mass is 425 g/mol. The fraction of sp³-hybridized carbons (Fsp3) is 0.0800. The number of carbonyl (C=O) groups is 1. The topological polar surface area (TPSA) is 86.5 Å². The number of pyridine rings is 1. The van der Waals surface area contributed by atoms with Crippen LogP contribution in [-0.4, -0.2) is 39.1 Å². The van der Waals surface area contributed by atoms with Gasteiger partial charge in [0.15, 0.2) is 11.5 Å². The van der Waals surface area contributed by atoms with Gasteiger partial charge in [-0.2, -0.15) is 5.10 Å². The summed E-state index contributed by atoms with van der Waals surface area (Å²) in [6, 6.07) is 18.6. The minimum Gasteiger partial charge on any atom is -0.486 e. The molecule has 5 rings (SSSR count). The van der Waals surface area contributed by atoms with Crippen molar-refractivity contribution in [2.45, 2.75) is 0 Å². The van der Waals surface area contributed by atoms with E-state index in [2.05, 4.69) is 4.98 Å². The molecule has 158 valence electrons. The maximum absolute atomic E-state index is 11.3. The van der Waals surface area contributed by atoms with E-state index >= 15 is 0 Å². The first-order valence-corrected chi connectivity index (χ1v) is 10.1. The van der Waals surface area contributed by atoms with Gasteiger partial charge in [-0.1, -0.05) is 18.2 Å². The van der Waals surface area contributed by atoms with Crippen LogP contribution in [0.15, 0.2) is 73.1 Å². The van der Waals surface area contributed by atoms with Crippen molar-refractivity contribution in [3.63, 3.8) is 0 Å². The lowest BCUT2D eigenvalue weighted by Gasteiger charge is -2.18. The Kier molecular flexibility index (Phi) is 5.13. The maximum atomic E-state index is 11.3. The second-order valence-corrected chi connectivity index (χ2v) is 7.18. The highest BCUT2D eigenvalue weighted by atomic mass is 16.6. The summed E-state index contributed by atoms with van der Waals surface area (Å²) in [5.74, 6) is 0.416. The predicted octanol–water partition coefficient (Wildman–Crippen LogP) is 4.57. The van der Waals surface area contributed by atoms with E-state index in [0.29, 0.717) is 30.4 Å². The van der Waals surface area contributed by atoms with E-state index in [4.69, 9.17) is 14.6 Å². The summed E-state index contributed by atoms with van der Waals surface area (Å²) in [4.78, 5) is 15.5. The third kappa shape index (κ3) is 3.96. The van der Waals surface area contributed by atoms with Crippen LogP contribution in [0.4, 0.5) is 0 Å². The Morgan fingerprint density at radius 1 is 0.969 bits per heavy atom. The summed E-state index contributed by atoms with van der Waals surface area (Å²) in [5.41, 5.74) is 4.16. The summed E-state index contributed by atoms with van der Waals surface area (Å²) in [6.45, 7) is 1.04. The van der Waals surface area contributed by atoms with E-state index in [-0.39, 0.29) is 5.56 Å². The Bertz CT molecular complexity index is 1310. The fourth-order valence-corrected chi connectivity index (χ4v) is 3.48. The summed E-state index contributed by atoms with van der Waals surface area (Å²) >= 11 is 0. The molecule has 7 heteroatoms. The van der Waals surface area contributed by atoms with Crippen LogP contribution in [-0.2, 0) is 0 Å². The third-order valence-corrected chi connectivity index (χ3v) is 5.04. The van der Waals surface area contributed by atoms with E-state index in [1.807, 2.05) is 65.5 Å². The highest BCUT2D eigenvalue weighted by Gasteiger charge is 2.16. The number of para-hydroxylation sites is 1. The van der Waals surface area contributed by atoms with Crippen molar-refractivity contribution in [1.29, 1.82) is 0 Å². The van der Waals surface area contributed by atoms with Crippen LogP contribution < -0.4 is 9.47 Å². The van der Waals surface area contributed by atoms with Gasteiger partial charge in [-0.05, 0) is 54.6 Å². The number of carboxylic acids is 1. The zero-order valence-electron chi connectivity index (χ0n) is 17.0. The zero-order valence-corrected chi connectivity index (χ0v) is 17.0. The predicted molar refractivity (Wildman–Crippen MR) is 120 cm³/mol. The number of hydrogen-bond donors (Lipinski definition) is 1. The van der Waals surface area contributed by atoms with Crippen molar-refractivity contribution in [2.24, 2.45) is 0 Å². The normalized spacial score (nSPS) is 12.8. The molecule has 0 amide bonds. The van der Waals surface area contributed by atoms with Crippen LogP contribution in [0.5, 0.6) is 11.5 Å². The second kappa shape index (κ2) is 8.39. The minimum absolute atomic E-state index is 0.187. The van der Waals surface area contributed by atoms with Gasteiger partial charge in [0.1, 0.15) is 18.9 Å². The Hall–Kier alpha value is -4.39. The van der Waals surface area contributed by atoms with Crippen LogP contribution in [0.2, 0.25) is 0 Å². The second-order valence-electron chi connectivity index (χ2n) is 7.18. The standard InChI is InChI=1S/C25H19N3O4/c29-25(30)18-10-11-26-20(14-18)8-6-19-16-28(21-4-2-1-3-5-21)27-24(19)17-7-9-22-23(15-17)32-13-12-31-22/h1-11,14-16H,12-13H2,(H,29,30). The molecule has 2 aromatic heterocycles. The van der Waals surface area contributed by atoms with Crippen molar-refractivity contribution >= 4 is 18.1 Å². The smallest absolute Gasteiger partial charge is 0.335 e. The molecule has 32 heavy (non-hydrogen) atoms. The highest BCUT2D eigenvalue weighted by Crippen LogP contribution is 2.35. The Balaban J connectivity index is 1.57. The largest absolute Gasteiger partial charge is 0.486 e. The molecule has 4 aromatic rings. The summed E-state index contributed by atoms with van der Waals surface area (Å²) in [6.07, 6.45) is 7.07. The molecule has 0 saturated carbocycles. The molecule has 0 aliphatic carbocycles. The molecule has 2 aromatic carbocycles. The van der Waals surface area contributed by atoms with Gasteiger partial charge < -0.3 is 14.6 Å². The highest BCUT2D eigenvalue weighted by molar-refractivity contribution is 5.88. The van der Waals surface area contributed by atoms with Gasteiger partial charge in [-0.25, -0.2) is 9.48 Å². The lowest BCUT2D eigenvalue weighted by atomic mass is 10.1. The van der Waals surface area contributed by atoms with Gasteiger partial charge in [-0.15, -0.1) is 0 Å². The van der Waals surface area contributed by atoms with Crippen molar-refractivity contribution in [3.05, 3.63) is 89.9 Å². The number of nitrogens with zero attached hydrogens (tertiary/aromatic N) is 3. The number of aromatic nitrogens is 3. The molecule has 1 N–H and O–H groups in total. The fourth-order valence-electron chi connectivity index (χ4n) is 3.48. The minimum atomic E-state index is -0.990. The van der Waals surface area contributed by atoms with E-state index in [9.17, 15) is 9.90 Å². The van der Waals surface area contributed by atoms with Crippen LogP contribution >= 0.6 is 0 Å². The molecule has 3 heterocycles. The third-order valence-electron chi connectivity index (χ3n) is 5.04. The molecule has 1 aliphatic heterocycles. The molecule has 0 saturated heterocycles. The van der Waals surface area contributed by atoms with Crippen LogP contribution in [0.25, 0.3) is 29.1 Å². The summed E-state index contributed by atoms with van der Waals surface area (Å²) in [7, 11) is 0. The average molecular weight is 425 g/mol. The Morgan fingerprint density at radius 3 is 2.59 bits per heavy atom. The van der Waals surface area contributed by atoms with Gasteiger partial charge in [0.2, 0.25) is 0 Å². The van der Waals surface area contributed by atoms with Gasteiger partial charge >= 0.3 is 5.97 Å². The van der Waals surface area contributed by atoms with Crippen LogP contribution in [0.1, 0.15) is 21.6 Å². The lowest BCUT2D eigenvalue weighted by molar-refractivity contribution is 0.0696. The van der Waals surface area contributed by atoms with Gasteiger partial charge in [0.25, 0.3) is 0 Å². The van der Waals surface area contributed by atoms with Crippen molar-refractivity contribution in [2.75, 3.05) is 13.2 Å². The Labute approximate surface area is 184 Å².